The molecule has 3 N–H and O–H groups in total. The Bertz CT molecular complexity index is 997. The van der Waals surface area contributed by atoms with Gasteiger partial charge in [-0.2, -0.15) is 0 Å². The van der Waals surface area contributed by atoms with Crippen LogP contribution in [0, 0.1) is 57.7 Å². The molecule has 5 aliphatic carbocycles. The molecule has 244 valence electrons. The summed E-state index contributed by atoms with van der Waals surface area (Å²) < 4.78 is 17.5. The van der Waals surface area contributed by atoms with Crippen LogP contribution in [0.25, 0.3) is 0 Å². The average Bonchev–Trinajstić information content (AvgIpc) is 3.36. The number of hydrogen-bond donors (Lipinski definition) is 3. The topological polar surface area (TPSA) is 69.9 Å². The van der Waals surface area contributed by atoms with Crippen LogP contribution in [0.15, 0.2) is 0 Å². The predicted octanol–water partition coefficient (Wildman–Crippen LogP) is 9.40. The smallest absolute Gasteiger partial charge is 0.192 e. The predicted molar refractivity (Wildman–Crippen MR) is 179 cm³/mol. The zero-order valence-corrected chi connectivity index (χ0v) is 30.8. The molecule has 0 amide bonds. The quantitative estimate of drug-likeness (QED) is 0.177. The van der Waals surface area contributed by atoms with Crippen LogP contribution in [-0.2, 0) is 4.43 Å². The van der Waals surface area contributed by atoms with Gasteiger partial charge in [-0.25, -0.2) is 0 Å². The summed E-state index contributed by atoms with van der Waals surface area (Å²) in [6.45, 7) is 26.0. The summed E-state index contributed by atoms with van der Waals surface area (Å²) in [4.78, 5) is 0. The van der Waals surface area contributed by atoms with Crippen LogP contribution in [0.3, 0.4) is 0 Å². The van der Waals surface area contributed by atoms with Crippen molar-refractivity contribution in [1.82, 2.24) is 0 Å². The maximum atomic E-state index is 12.3. The van der Waals surface area contributed by atoms with Crippen LogP contribution < -0.4 is 0 Å². The SMILES string of the molecule is CC[C@H](CC(SO)[C@@H](C)[C@H]1CC[C@H]2[C@@H]3[C@@H](O)[C@@]4(O)C[C@@]45CC(O[Si](C)(C)C(C)(C)C)CC[C@]5(C)[C@H]3CC[C@]12C)C(C)C. The zero-order valence-electron chi connectivity index (χ0n) is 29.0. The minimum absolute atomic E-state index is 0.0685. The molecule has 5 fully saturated rings. The molecule has 5 saturated carbocycles. The lowest BCUT2D eigenvalue weighted by Gasteiger charge is -2.64. The van der Waals surface area contributed by atoms with Crippen molar-refractivity contribution in [3.05, 3.63) is 0 Å². The normalized spacial score (nSPS) is 47.2. The van der Waals surface area contributed by atoms with E-state index in [9.17, 15) is 14.8 Å². The molecular weight excluding hydrogens is 557 g/mol. The molecule has 0 heterocycles. The lowest BCUT2D eigenvalue weighted by molar-refractivity contribution is -0.222. The molecule has 42 heavy (non-hydrogen) atoms. The first-order valence-electron chi connectivity index (χ1n) is 17.7. The molecular formula is C36H66O4SSi. The van der Waals surface area contributed by atoms with E-state index in [1.54, 1.807) is 0 Å². The summed E-state index contributed by atoms with van der Waals surface area (Å²) in [5, 5.41) is 25.0. The Morgan fingerprint density at radius 1 is 1.00 bits per heavy atom. The van der Waals surface area contributed by atoms with Crippen LogP contribution >= 0.6 is 12.0 Å². The largest absolute Gasteiger partial charge is 0.414 e. The lowest BCUT2D eigenvalue weighted by Crippen LogP contribution is -2.64. The summed E-state index contributed by atoms with van der Waals surface area (Å²) in [6, 6.07) is 0. The number of rotatable bonds is 9. The molecule has 5 rings (SSSR count). The fraction of sp³-hybridized carbons (Fsp3) is 1.00. The average molecular weight is 623 g/mol. The van der Waals surface area contributed by atoms with Crippen molar-refractivity contribution < 1.29 is 19.2 Å². The molecule has 1 spiro atoms. The molecule has 4 nitrogen and oxygen atoms in total. The molecule has 6 heteroatoms. The Morgan fingerprint density at radius 2 is 1.67 bits per heavy atom. The van der Waals surface area contributed by atoms with E-state index in [2.05, 4.69) is 75.4 Å². The molecule has 0 aromatic rings. The van der Waals surface area contributed by atoms with Gasteiger partial charge < -0.3 is 19.2 Å². The number of aliphatic hydroxyl groups is 2. The van der Waals surface area contributed by atoms with E-state index in [4.69, 9.17) is 4.43 Å². The highest BCUT2D eigenvalue weighted by atomic mass is 32.2. The van der Waals surface area contributed by atoms with Gasteiger partial charge in [-0.15, -0.1) is 0 Å². The Morgan fingerprint density at radius 3 is 2.24 bits per heavy atom. The molecule has 0 radical (unpaired) electrons. The molecule has 0 bridgehead atoms. The van der Waals surface area contributed by atoms with E-state index < -0.39 is 20.0 Å². The first-order valence-corrected chi connectivity index (χ1v) is 21.5. The lowest BCUT2D eigenvalue weighted by atomic mass is 9.42. The number of fused-ring (bicyclic) bond motifs is 4. The van der Waals surface area contributed by atoms with E-state index in [1.165, 1.54) is 25.7 Å². The maximum absolute atomic E-state index is 12.3. The van der Waals surface area contributed by atoms with Crippen molar-refractivity contribution in [2.75, 3.05) is 0 Å². The number of aliphatic hydroxyl groups excluding tert-OH is 1. The Hall–Kier alpha value is 0.407. The Balaban J connectivity index is 1.37. The van der Waals surface area contributed by atoms with Crippen molar-refractivity contribution in [3.8, 4) is 0 Å². The van der Waals surface area contributed by atoms with E-state index in [-0.39, 0.29) is 38.6 Å². The van der Waals surface area contributed by atoms with Crippen LogP contribution in [0.2, 0.25) is 18.1 Å². The Labute approximate surface area is 264 Å². The first-order chi connectivity index (χ1) is 19.3. The molecule has 5 aliphatic rings. The van der Waals surface area contributed by atoms with Crippen LogP contribution in [0.1, 0.15) is 127 Å². The molecule has 0 saturated heterocycles. The standard InChI is InChI=1S/C36H66O4SSi/c1-12-24(22(2)3)19-29(41-39)23(4)26-13-14-27-30-28(16-17-33(26,27)8)34(9)18-15-25(40-42(10,11)32(5,6)7)20-35(34)21-36(35,38)31(30)37/h22-31,37-39H,12-21H2,1-11H3/t23-,24+,25?,26+,27-,28-,29?,30-,31+,33+,34+,35+,36-/m0/s1. The van der Waals surface area contributed by atoms with Crippen molar-refractivity contribution in [2.24, 2.45) is 57.7 Å². The highest BCUT2D eigenvalue weighted by Gasteiger charge is 2.84. The number of hydrogen-bond acceptors (Lipinski definition) is 5. The summed E-state index contributed by atoms with van der Waals surface area (Å²) in [7, 11) is -1.91. The van der Waals surface area contributed by atoms with E-state index in [0.717, 1.165) is 50.6 Å². The summed E-state index contributed by atoms with van der Waals surface area (Å²) in [6.07, 6.45) is 10.4. The highest BCUT2D eigenvalue weighted by molar-refractivity contribution is 7.94. The summed E-state index contributed by atoms with van der Waals surface area (Å²) in [5.74, 6) is 3.41. The second-order valence-corrected chi connectivity index (χ2v) is 24.0. The zero-order chi connectivity index (χ0) is 31.3. The van der Waals surface area contributed by atoms with Gasteiger partial charge in [-0.3, -0.25) is 0 Å². The van der Waals surface area contributed by atoms with Gasteiger partial charge in [0.2, 0.25) is 0 Å². The van der Waals surface area contributed by atoms with Crippen LogP contribution in [0.5, 0.6) is 0 Å². The minimum Gasteiger partial charge on any atom is -0.414 e. The van der Waals surface area contributed by atoms with Gasteiger partial charge in [-0.1, -0.05) is 68.7 Å². The molecule has 2 unspecified atom stereocenters. The van der Waals surface area contributed by atoms with Crippen molar-refractivity contribution >= 4 is 20.4 Å². The third-order valence-electron chi connectivity index (χ3n) is 15.6. The highest BCUT2D eigenvalue weighted by Crippen LogP contribution is 2.82. The minimum atomic E-state index is -1.91. The fourth-order valence-corrected chi connectivity index (χ4v) is 13.9. The first kappa shape index (κ1) is 33.8. The molecule has 0 aromatic carbocycles. The van der Waals surface area contributed by atoms with Gasteiger partial charge >= 0.3 is 0 Å². The van der Waals surface area contributed by atoms with Gasteiger partial charge in [-0.05, 0) is 140 Å². The van der Waals surface area contributed by atoms with Crippen LogP contribution in [-0.4, -0.2) is 46.1 Å². The fourth-order valence-electron chi connectivity index (χ4n) is 11.8. The maximum Gasteiger partial charge on any atom is 0.192 e. The van der Waals surface area contributed by atoms with E-state index >= 15 is 0 Å². The van der Waals surface area contributed by atoms with Crippen molar-refractivity contribution in [3.63, 3.8) is 0 Å². The Kier molecular flexibility index (Phi) is 8.84. The van der Waals surface area contributed by atoms with E-state index in [1.807, 2.05) is 0 Å². The molecule has 13 atom stereocenters. The second-order valence-electron chi connectivity index (χ2n) is 18.5. The monoisotopic (exact) mass is 622 g/mol. The van der Waals surface area contributed by atoms with Gasteiger partial charge in [0.25, 0.3) is 0 Å². The molecule has 0 aromatic heterocycles. The second kappa shape index (κ2) is 11.0. The van der Waals surface area contributed by atoms with Gasteiger partial charge in [0.1, 0.15) is 0 Å². The van der Waals surface area contributed by atoms with Crippen molar-refractivity contribution in [1.29, 1.82) is 0 Å². The summed E-state index contributed by atoms with van der Waals surface area (Å²) in [5.41, 5.74) is -0.927. The van der Waals surface area contributed by atoms with Crippen molar-refractivity contribution in [2.45, 2.75) is 168 Å². The third-order valence-corrected chi connectivity index (χ3v) is 21.1. The molecule has 0 aliphatic heterocycles. The van der Waals surface area contributed by atoms with Gasteiger partial charge in [0.15, 0.2) is 8.32 Å². The third kappa shape index (κ3) is 4.79. The van der Waals surface area contributed by atoms with Gasteiger partial charge in [0.05, 0.1) is 11.7 Å². The summed E-state index contributed by atoms with van der Waals surface area (Å²) >= 11 is 1.11. The van der Waals surface area contributed by atoms with E-state index in [0.29, 0.717) is 35.5 Å². The van der Waals surface area contributed by atoms with Gasteiger partial charge in [0, 0.05) is 16.8 Å². The van der Waals surface area contributed by atoms with Crippen LogP contribution in [0.4, 0.5) is 0 Å².